The Hall–Kier alpha value is -1.85. The zero-order valence-electron chi connectivity index (χ0n) is 16.0. The van der Waals surface area contributed by atoms with Crippen molar-refractivity contribution in [2.24, 2.45) is 4.99 Å². The van der Waals surface area contributed by atoms with E-state index in [2.05, 4.69) is 41.8 Å². The highest BCUT2D eigenvalue weighted by Crippen LogP contribution is 2.22. The van der Waals surface area contributed by atoms with Crippen LogP contribution < -0.4 is 10.6 Å². The molecule has 2 N–H and O–H groups in total. The molecule has 0 saturated carbocycles. The molecule has 0 fully saturated rings. The van der Waals surface area contributed by atoms with E-state index in [1.165, 1.54) is 11.8 Å². The second-order valence-corrected chi connectivity index (χ2v) is 9.01. The van der Waals surface area contributed by atoms with Crippen molar-refractivity contribution in [1.29, 1.82) is 0 Å². The molecule has 29 heavy (non-hydrogen) atoms. The normalized spacial score (nSPS) is 14.4. The van der Waals surface area contributed by atoms with Crippen LogP contribution in [-0.2, 0) is 11.3 Å². The number of hydrogen-bond donors (Lipinski definition) is 2. The van der Waals surface area contributed by atoms with Crippen molar-refractivity contribution in [1.82, 2.24) is 25.4 Å². The smallest absolute Gasteiger partial charge is 0.253 e. The third kappa shape index (κ3) is 5.61. The summed E-state index contributed by atoms with van der Waals surface area (Å²) in [5.41, 5.74) is 0.556. The molecule has 0 saturated heterocycles. The van der Waals surface area contributed by atoms with Gasteiger partial charge in [-0.1, -0.05) is 35.7 Å². The van der Waals surface area contributed by atoms with E-state index in [0.29, 0.717) is 28.3 Å². The van der Waals surface area contributed by atoms with Gasteiger partial charge in [-0.2, -0.15) is 0 Å². The number of thioether (sulfide) groups is 2. The number of amidine groups is 1. The Morgan fingerprint density at radius 1 is 1.34 bits per heavy atom. The van der Waals surface area contributed by atoms with Gasteiger partial charge < -0.3 is 15.2 Å². The lowest BCUT2D eigenvalue weighted by Crippen LogP contribution is -2.29. The molecule has 3 rings (SSSR count). The molecule has 1 aliphatic heterocycles. The van der Waals surface area contributed by atoms with E-state index < -0.39 is 0 Å². The maximum atomic E-state index is 12.6. The molecular formula is C18H21BrN6O2S2. The lowest BCUT2D eigenvalue weighted by atomic mass is 10.2. The molecule has 11 heteroatoms. The first-order chi connectivity index (χ1) is 14.0. The molecule has 2 aromatic rings. The number of amides is 2. The third-order valence-corrected chi connectivity index (χ3v) is 6.63. The summed E-state index contributed by atoms with van der Waals surface area (Å²) < 4.78 is 2.64. The van der Waals surface area contributed by atoms with Gasteiger partial charge in [0.05, 0.1) is 23.9 Å². The second-order valence-electron chi connectivity index (χ2n) is 6.13. The fourth-order valence-electron chi connectivity index (χ4n) is 2.70. The van der Waals surface area contributed by atoms with Crippen molar-refractivity contribution in [2.45, 2.75) is 31.6 Å². The molecule has 0 unspecified atom stereocenters. The van der Waals surface area contributed by atoms with Gasteiger partial charge in [-0.15, -0.1) is 10.2 Å². The van der Waals surface area contributed by atoms with Crippen molar-refractivity contribution in [3.63, 3.8) is 0 Å². The number of carbonyl (C=O) groups excluding carboxylic acids is 2. The van der Waals surface area contributed by atoms with Crippen LogP contribution in [0.4, 0.5) is 0 Å². The monoisotopic (exact) mass is 496 g/mol. The fraction of sp³-hybridized carbons (Fsp3) is 0.389. The quantitative estimate of drug-likeness (QED) is 0.571. The van der Waals surface area contributed by atoms with E-state index in [4.69, 9.17) is 0 Å². The van der Waals surface area contributed by atoms with Crippen molar-refractivity contribution in [2.75, 3.05) is 18.1 Å². The molecule has 154 valence electrons. The highest BCUT2D eigenvalue weighted by Gasteiger charge is 2.21. The number of carbonyl (C=O) groups is 2. The molecular weight excluding hydrogens is 476 g/mol. The van der Waals surface area contributed by atoms with Gasteiger partial charge in [0, 0.05) is 16.8 Å². The minimum Gasteiger partial charge on any atom is -0.342 e. The van der Waals surface area contributed by atoms with Crippen molar-refractivity contribution in [3.05, 3.63) is 40.1 Å². The van der Waals surface area contributed by atoms with Gasteiger partial charge in [-0.3, -0.25) is 14.6 Å². The largest absolute Gasteiger partial charge is 0.342 e. The van der Waals surface area contributed by atoms with Gasteiger partial charge in [-0.05, 0) is 41.9 Å². The lowest BCUT2D eigenvalue weighted by molar-refractivity contribution is -0.117. The summed E-state index contributed by atoms with van der Waals surface area (Å²) in [4.78, 5) is 28.9. The highest BCUT2D eigenvalue weighted by atomic mass is 79.9. The van der Waals surface area contributed by atoms with Crippen LogP contribution in [0.3, 0.4) is 0 Å². The first kappa shape index (κ1) is 21.8. The SMILES string of the molecule is CCn1c(SCC(=O)NC2=NCCS2)nnc1[C@@H](C)NC(=O)c1ccccc1Br. The predicted molar refractivity (Wildman–Crippen MR) is 119 cm³/mol. The zero-order chi connectivity index (χ0) is 20.8. The van der Waals surface area contributed by atoms with Crippen molar-refractivity contribution < 1.29 is 9.59 Å². The molecule has 0 bridgehead atoms. The van der Waals surface area contributed by atoms with E-state index >= 15 is 0 Å². The minimum atomic E-state index is -0.338. The average molecular weight is 497 g/mol. The van der Waals surface area contributed by atoms with E-state index in [9.17, 15) is 9.59 Å². The Balaban J connectivity index is 1.62. The number of hydrogen-bond acceptors (Lipinski definition) is 7. The standard InChI is InChI=1S/C18H21BrN6O2S2/c1-3-25-15(11(2)21-16(27)12-6-4-5-7-13(12)19)23-24-18(25)29-10-14(26)22-17-20-8-9-28-17/h4-7,11H,3,8-10H2,1-2H3,(H,21,27)(H,20,22,26)/t11-/m1/s1. The number of aliphatic imine (C=N–C) groups is 1. The number of aromatic nitrogens is 3. The van der Waals surface area contributed by atoms with Gasteiger partial charge in [-0.25, -0.2) is 0 Å². The highest BCUT2D eigenvalue weighted by molar-refractivity contribution is 9.10. The lowest BCUT2D eigenvalue weighted by Gasteiger charge is -2.15. The number of nitrogens with zero attached hydrogens (tertiary/aromatic N) is 4. The second kappa shape index (κ2) is 10.3. The first-order valence-corrected chi connectivity index (χ1v) is 11.8. The maximum Gasteiger partial charge on any atom is 0.253 e. The Morgan fingerprint density at radius 2 is 2.14 bits per heavy atom. The Kier molecular flexibility index (Phi) is 7.73. The van der Waals surface area contributed by atoms with Gasteiger partial charge >= 0.3 is 0 Å². The molecule has 2 amide bonds. The van der Waals surface area contributed by atoms with Gasteiger partial charge in [0.25, 0.3) is 5.91 Å². The molecule has 1 atom stereocenters. The van der Waals surface area contributed by atoms with Crippen LogP contribution in [0.2, 0.25) is 0 Å². The van der Waals surface area contributed by atoms with Crippen LogP contribution in [0.15, 0.2) is 38.9 Å². The number of benzene rings is 1. The van der Waals surface area contributed by atoms with Crippen LogP contribution >= 0.6 is 39.5 Å². The van der Waals surface area contributed by atoms with Crippen LogP contribution in [0.25, 0.3) is 0 Å². The minimum absolute atomic E-state index is 0.120. The Morgan fingerprint density at radius 3 is 2.83 bits per heavy atom. The van der Waals surface area contributed by atoms with Crippen LogP contribution in [0.1, 0.15) is 36.1 Å². The summed E-state index contributed by atoms with van der Waals surface area (Å²) in [6.45, 7) is 5.21. The average Bonchev–Trinajstić information content (AvgIpc) is 3.35. The molecule has 1 aromatic carbocycles. The molecule has 1 aliphatic rings. The van der Waals surface area contributed by atoms with Crippen molar-refractivity contribution in [3.8, 4) is 0 Å². The first-order valence-electron chi connectivity index (χ1n) is 9.08. The maximum absolute atomic E-state index is 12.6. The molecule has 2 heterocycles. The molecule has 0 radical (unpaired) electrons. The van der Waals surface area contributed by atoms with Gasteiger partial charge in [0.15, 0.2) is 16.1 Å². The fourth-order valence-corrected chi connectivity index (χ4v) is 4.72. The van der Waals surface area contributed by atoms with Crippen molar-refractivity contribution >= 4 is 56.4 Å². The van der Waals surface area contributed by atoms with E-state index in [1.54, 1.807) is 17.8 Å². The van der Waals surface area contributed by atoms with Gasteiger partial charge in [0.2, 0.25) is 5.91 Å². The van der Waals surface area contributed by atoms with Crippen LogP contribution in [0.5, 0.6) is 0 Å². The Labute approximate surface area is 185 Å². The molecule has 8 nitrogen and oxygen atoms in total. The molecule has 1 aromatic heterocycles. The predicted octanol–water partition coefficient (Wildman–Crippen LogP) is 2.86. The summed E-state index contributed by atoms with van der Waals surface area (Å²) >= 11 is 6.25. The number of rotatable bonds is 7. The Bertz CT molecular complexity index is 933. The summed E-state index contributed by atoms with van der Waals surface area (Å²) in [7, 11) is 0. The summed E-state index contributed by atoms with van der Waals surface area (Å²) in [5.74, 6) is 1.45. The zero-order valence-corrected chi connectivity index (χ0v) is 19.2. The summed E-state index contributed by atoms with van der Waals surface area (Å²) in [6.07, 6.45) is 0. The van der Waals surface area contributed by atoms with E-state index in [-0.39, 0.29) is 23.6 Å². The summed E-state index contributed by atoms with van der Waals surface area (Å²) in [5, 5.41) is 15.5. The van der Waals surface area contributed by atoms with Crippen LogP contribution in [-0.4, -0.2) is 49.8 Å². The summed E-state index contributed by atoms with van der Waals surface area (Å²) in [6, 6.07) is 6.91. The topological polar surface area (TPSA) is 101 Å². The van der Waals surface area contributed by atoms with E-state index in [0.717, 1.165) is 16.8 Å². The molecule has 0 spiro atoms. The number of nitrogens with one attached hydrogen (secondary N) is 2. The van der Waals surface area contributed by atoms with E-state index in [1.807, 2.05) is 36.6 Å². The molecule has 0 aliphatic carbocycles. The third-order valence-electron chi connectivity index (χ3n) is 4.08. The van der Waals surface area contributed by atoms with Crippen LogP contribution in [0, 0.1) is 0 Å². The number of halogens is 1. The van der Waals surface area contributed by atoms with Gasteiger partial charge in [0.1, 0.15) is 0 Å².